The Morgan fingerprint density at radius 2 is 1.43 bits per heavy atom. The molecule has 0 amide bonds. The summed E-state index contributed by atoms with van der Waals surface area (Å²) < 4.78 is 0. The summed E-state index contributed by atoms with van der Waals surface area (Å²) in [6.45, 7) is 4.87. The van der Waals surface area contributed by atoms with Crippen molar-refractivity contribution in [3.63, 3.8) is 0 Å². The zero-order valence-electron chi connectivity index (χ0n) is 10.1. The molecule has 0 aliphatic heterocycles. The van der Waals surface area contributed by atoms with Crippen LogP contribution in [0.5, 0.6) is 0 Å². The van der Waals surface area contributed by atoms with Crippen LogP contribution in [0.1, 0.15) is 71.6 Å². The van der Waals surface area contributed by atoms with Gasteiger partial charge in [-0.05, 0) is 12.3 Å². The lowest BCUT2D eigenvalue weighted by atomic mass is 9.93. The number of hydrogen-bond acceptors (Lipinski definition) is 1. The van der Waals surface area contributed by atoms with Crippen LogP contribution in [0, 0.1) is 5.92 Å². The highest BCUT2D eigenvalue weighted by molar-refractivity contribution is 4.59. The van der Waals surface area contributed by atoms with Crippen LogP contribution in [0.15, 0.2) is 0 Å². The first-order chi connectivity index (χ1) is 6.85. The van der Waals surface area contributed by atoms with Gasteiger partial charge in [-0.2, -0.15) is 0 Å². The zero-order chi connectivity index (χ0) is 10.6. The molecule has 0 aromatic rings. The van der Waals surface area contributed by atoms with Crippen molar-refractivity contribution in [1.29, 1.82) is 0 Å². The third kappa shape index (κ3) is 8.55. The Balaban J connectivity index is 3.40. The van der Waals surface area contributed by atoms with Crippen molar-refractivity contribution >= 4 is 0 Å². The summed E-state index contributed by atoms with van der Waals surface area (Å²) in [6, 6.07) is 0. The molecule has 0 saturated heterocycles. The Morgan fingerprint density at radius 1 is 0.786 bits per heavy atom. The second kappa shape index (κ2) is 11.0. The summed E-state index contributed by atoms with van der Waals surface area (Å²) in [5, 5.41) is 8.94. The molecule has 0 heterocycles. The molecule has 1 unspecified atom stereocenters. The number of hydrogen-bond donors (Lipinski definition) is 1. The lowest BCUT2D eigenvalue weighted by molar-refractivity contribution is 0.242. The fourth-order valence-corrected chi connectivity index (χ4v) is 1.97. The van der Waals surface area contributed by atoms with Crippen molar-refractivity contribution in [2.24, 2.45) is 5.92 Å². The lowest BCUT2D eigenvalue weighted by Crippen LogP contribution is -2.03. The van der Waals surface area contributed by atoms with Gasteiger partial charge in [0.05, 0.1) is 0 Å². The molecule has 0 aliphatic rings. The van der Waals surface area contributed by atoms with Gasteiger partial charge in [-0.1, -0.05) is 65.2 Å². The van der Waals surface area contributed by atoms with Crippen molar-refractivity contribution in [2.75, 3.05) is 6.61 Å². The van der Waals surface area contributed by atoms with Gasteiger partial charge in [0.1, 0.15) is 0 Å². The van der Waals surface area contributed by atoms with Crippen LogP contribution in [0.2, 0.25) is 0 Å². The van der Waals surface area contributed by atoms with Crippen LogP contribution >= 0.6 is 0 Å². The maximum atomic E-state index is 8.94. The Hall–Kier alpha value is -0.0400. The Kier molecular flexibility index (Phi) is 11.0. The maximum absolute atomic E-state index is 8.94. The first-order valence-corrected chi connectivity index (χ1v) is 6.46. The fraction of sp³-hybridized carbons (Fsp3) is 1.00. The van der Waals surface area contributed by atoms with Gasteiger partial charge in [-0.25, -0.2) is 0 Å². The van der Waals surface area contributed by atoms with E-state index in [1.54, 1.807) is 0 Å². The van der Waals surface area contributed by atoms with Gasteiger partial charge in [0, 0.05) is 6.61 Å². The third-order valence-corrected chi connectivity index (χ3v) is 2.97. The second-order valence-electron chi connectivity index (χ2n) is 4.37. The summed E-state index contributed by atoms with van der Waals surface area (Å²) in [5.74, 6) is 0.789. The minimum Gasteiger partial charge on any atom is -0.396 e. The van der Waals surface area contributed by atoms with Crippen LogP contribution in [-0.2, 0) is 0 Å². The van der Waals surface area contributed by atoms with E-state index in [0.717, 1.165) is 12.3 Å². The molecule has 1 nitrogen and oxygen atoms in total. The van der Waals surface area contributed by atoms with Crippen molar-refractivity contribution in [3.8, 4) is 0 Å². The first kappa shape index (κ1) is 14.0. The maximum Gasteiger partial charge on any atom is 0.0433 e. The normalized spacial score (nSPS) is 13.1. The lowest BCUT2D eigenvalue weighted by Gasteiger charge is -2.14. The van der Waals surface area contributed by atoms with E-state index in [0.29, 0.717) is 6.61 Å². The molecular formula is C13H28O. The smallest absolute Gasteiger partial charge is 0.0433 e. The minimum atomic E-state index is 0.377. The average Bonchev–Trinajstić information content (AvgIpc) is 2.20. The summed E-state index contributed by atoms with van der Waals surface area (Å²) in [6.07, 6.45) is 11.7. The Morgan fingerprint density at radius 3 is 2.00 bits per heavy atom. The number of aliphatic hydroxyl groups is 1. The molecule has 0 bridgehead atoms. The van der Waals surface area contributed by atoms with E-state index in [1.165, 1.54) is 51.4 Å². The SMILES string of the molecule is CCCCCCC(CCO)CCCC. The monoisotopic (exact) mass is 200 g/mol. The van der Waals surface area contributed by atoms with Crippen molar-refractivity contribution in [1.82, 2.24) is 0 Å². The molecular weight excluding hydrogens is 172 g/mol. The van der Waals surface area contributed by atoms with Crippen LogP contribution < -0.4 is 0 Å². The highest BCUT2D eigenvalue weighted by Gasteiger charge is 2.06. The Labute approximate surface area is 89.9 Å². The molecule has 0 aromatic carbocycles. The predicted molar refractivity (Wildman–Crippen MR) is 63.5 cm³/mol. The van der Waals surface area contributed by atoms with Crippen molar-refractivity contribution in [3.05, 3.63) is 0 Å². The van der Waals surface area contributed by atoms with E-state index in [1.807, 2.05) is 0 Å². The summed E-state index contributed by atoms with van der Waals surface area (Å²) >= 11 is 0. The molecule has 1 atom stereocenters. The largest absolute Gasteiger partial charge is 0.396 e. The summed E-state index contributed by atoms with van der Waals surface area (Å²) in [7, 11) is 0. The van der Waals surface area contributed by atoms with E-state index in [4.69, 9.17) is 5.11 Å². The molecule has 0 rings (SSSR count). The minimum absolute atomic E-state index is 0.377. The molecule has 0 fully saturated rings. The van der Waals surface area contributed by atoms with E-state index in [9.17, 15) is 0 Å². The fourth-order valence-electron chi connectivity index (χ4n) is 1.97. The molecule has 14 heavy (non-hydrogen) atoms. The van der Waals surface area contributed by atoms with Gasteiger partial charge >= 0.3 is 0 Å². The van der Waals surface area contributed by atoms with Crippen molar-refractivity contribution in [2.45, 2.75) is 71.6 Å². The standard InChI is InChI=1S/C13H28O/c1-3-5-7-8-10-13(11-12-14)9-6-4-2/h13-14H,3-12H2,1-2H3. The van der Waals surface area contributed by atoms with Gasteiger partial charge in [0.15, 0.2) is 0 Å². The second-order valence-corrected chi connectivity index (χ2v) is 4.37. The topological polar surface area (TPSA) is 20.2 Å². The molecule has 86 valence electrons. The van der Waals surface area contributed by atoms with E-state index >= 15 is 0 Å². The molecule has 0 spiro atoms. The molecule has 0 aromatic heterocycles. The predicted octanol–water partition coefficient (Wildman–Crippen LogP) is 4.15. The van der Waals surface area contributed by atoms with Gasteiger partial charge in [0.25, 0.3) is 0 Å². The van der Waals surface area contributed by atoms with Gasteiger partial charge in [-0.3, -0.25) is 0 Å². The summed E-state index contributed by atoms with van der Waals surface area (Å²) in [5.41, 5.74) is 0. The highest BCUT2D eigenvalue weighted by Crippen LogP contribution is 2.20. The number of rotatable bonds is 10. The van der Waals surface area contributed by atoms with Crippen molar-refractivity contribution < 1.29 is 5.11 Å². The van der Waals surface area contributed by atoms with E-state index < -0.39 is 0 Å². The molecule has 0 saturated carbocycles. The third-order valence-electron chi connectivity index (χ3n) is 2.97. The number of unbranched alkanes of at least 4 members (excludes halogenated alkanes) is 4. The van der Waals surface area contributed by atoms with Crippen LogP contribution in [0.25, 0.3) is 0 Å². The van der Waals surface area contributed by atoms with E-state index in [-0.39, 0.29) is 0 Å². The van der Waals surface area contributed by atoms with Crippen LogP contribution in [0.4, 0.5) is 0 Å². The molecule has 0 aliphatic carbocycles. The quantitative estimate of drug-likeness (QED) is 0.525. The molecule has 1 heteroatoms. The van der Waals surface area contributed by atoms with Gasteiger partial charge < -0.3 is 5.11 Å². The van der Waals surface area contributed by atoms with Crippen LogP contribution in [0.3, 0.4) is 0 Å². The Bertz CT molecular complexity index is 101. The number of aliphatic hydroxyl groups excluding tert-OH is 1. The molecule has 1 N–H and O–H groups in total. The zero-order valence-corrected chi connectivity index (χ0v) is 10.1. The van der Waals surface area contributed by atoms with E-state index in [2.05, 4.69) is 13.8 Å². The molecule has 0 radical (unpaired) electrons. The summed E-state index contributed by atoms with van der Waals surface area (Å²) in [4.78, 5) is 0. The first-order valence-electron chi connectivity index (χ1n) is 6.46. The van der Waals surface area contributed by atoms with Gasteiger partial charge in [-0.15, -0.1) is 0 Å². The van der Waals surface area contributed by atoms with Gasteiger partial charge in [0.2, 0.25) is 0 Å². The average molecular weight is 200 g/mol. The highest BCUT2D eigenvalue weighted by atomic mass is 16.3. The van der Waals surface area contributed by atoms with Crippen LogP contribution in [-0.4, -0.2) is 11.7 Å².